The second kappa shape index (κ2) is 7.59. The van der Waals surface area contributed by atoms with Crippen molar-refractivity contribution in [2.75, 3.05) is 10.6 Å². The lowest BCUT2D eigenvalue weighted by Gasteiger charge is -2.23. The Labute approximate surface area is 144 Å². The van der Waals surface area contributed by atoms with Crippen LogP contribution in [-0.2, 0) is 0 Å². The van der Waals surface area contributed by atoms with Gasteiger partial charge in [0.15, 0.2) is 0 Å². The summed E-state index contributed by atoms with van der Waals surface area (Å²) < 4.78 is 0.859. The Morgan fingerprint density at radius 1 is 1.13 bits per heavy atom. The Balaban J connectivity index is 1.69. The molecule has 1 amide bonds. The number of para-hydroxylation sites is 1. The van der Waals surface area contributed by atoms with Crippen LogP contribution in [0.1, 0.15) is 42.5 Å². The third-order valence-electron chi connectivity index (χ3n) is 4.10. The number of amides is 1. The van der Waals surface area contributed by atoms with E-state index < -0.39 is 0 Å². The zero-order chi connectivity index (χ0) is 16.1. The monoisotopic (exact) mass is 373 g/mol. The number of carbonyl (C=O) groups is 1. The molecule has 0 aliphatic heterocycles. The van der Waals surface area contributed by atoms with Gasteiger partial charge in [-0.25, -0.2) is 0 Å². The van der Waals surface area contributed by atoms with Crippen LogP contribution >= 0.6 is 15.9 Å². The first-order chi connectivity index (χ1) is 11.2. The summed E-state index contributed by atoms with van der Waals surface area (Å²) in [6, 6.07) is 9.92. The molecule has 5 heteroatoms. The van der Waals surface area contributed by atoms with Crippen molar-refractivity contribution in [1.29, 1.82) is 0 Å². The first-order valence-corrected chi connectivity index (χ1v) is 8.79. The molecule has 1 fully saturated rings. The summed E-state index contributed by atoms with van der Waals surface area (Å²) in [5, 5.41) is 6.40. The molecule has 0 unspecified atom stereocenters. The van der Waals surface area contributed by atoms with Gasteiger partial charge in [-0.15, -0.1) is 0 Å². The normalized spacial score (nSPS) is 15.2. The van der Waals surface area contributed by atoms with Gasteiger partial charge in [0.05, 0.1) is 16.9 Å². The number of aromatic nitrogens is 1. The van der Waals surface area contributed by atoms with Crippen molar-refractivity contribution in [2.24, 2.45) is 0 Å². The molecule has 1 aromatic heterocycles. The van der Waals surface area contributed by atoms with Gasteiger partial charge in [0.2, 0.25) is 0 Å². The van der Waals surface area contributed by atoms with Crippen LogP contribution in [0.5, 0.6) is 0 Å². The minimum atomic E-state index is -0.156. The summed E-state index contributed by atoms with van der Waals surface area (Å²) in [5.41, 5.74) is 2.22. The lowest BCUT2D eigenvalue weighted by atomic mass is 9.95. The van der Waals surface area contributed by atoms with Crippen LogP contribution in [0.15, 0.2) is 47.2 Å². The minimum Gasteiger partial charge on any atom is -0.381 e. The van der Waals surface area contributed by atoms with Gasteiger partial charge in [0, 0.05) is 22.9 Å². The average Bonchev–Trinajstić information content (AvgIpc) is 2.58. The predicted octanol–water partition coefficient (Wildman–Crippen LogP) is 4.84. The van der Waals surface area contributed by atoms with E-state index in [0.717, 1.165) is 15.8 Å². The molecule has 1 saturated carbocycles. The molecule has 2 N–H and O–H groups in total. The summed E-state index contributed by atoms with van der Waals surface area (Å²) in [6.45, 7) is 0. The minimum absolute atomic E-state index is 0.156. The molecular formula is C18H20BrN3O. The molecule has 3 rings (SSSR count). The fourth-order valence-corrected chi connectivity index (χ4v) is 3.27. The van der Waals surface area contributed by atoms with E-state index in [9.17, 15) is 4.79 Å². The van der Waals surface area contributed by atoms with Crippen LogP contribution in [0.2, 0.25) is 0 Å². The van der Waals surface area contributed by atoms with E-state index in [1.165, 1.54) is 32.1 Å². The van der Waals surface area contributed by atoms with Crippen molar-refractivity contribution in [3.63, 3.8) is 0 Å². The fourth-order valence-electron chi connectivity index (χ4n) is 2.88. The van der Waals surface area contributed by atoms with E-state index in [1.54, 1.807) is 12.4 Å². The summed E-state index contributed by atoms with van der Waals surface area (Å²) in [5.74, 6) is -0.156. The molecule has 0 bridgehead atoms. The Hall–Kier alpha value is -1.88. The molecule has 4 nitrogen and oxygen atoms in total. The Morgan fingerprint density at radius 3 is 2.70 bits per heavy atom. The van der Waals surface area contributed by atoms with Crippen LogP contribution in [0.3, 0.4) is 0 Å². The zero-order valence-corrected chi connectivity index (χ0v) is 14.5. The third-order valence-corrected chi connectivity index (χ3v) is 4.79. The van der Waals surface area contributed by atoms with Gasteiger partial charge in [-0.3, -0.25) is 9.78 Å². The Morgan fingerprint density at radius 2 is 1.91 bits per heavy atom. The molecule has 1 aliphatic rings. The maximum absolute atomic E-state index is 12.4. The second-order valence-electron chi connectivity index (χ2n) is 5.88. The van der Waals surface area contributed by atoms with Crippen molar-refractivity contribution < 1.29 is 4.79 Å². The smallest absolute Gasteiger partial charge is 0.257 e. The Kier molecular flexibility index (Phi) is 5.28. The number of hydrogen-bond acceptors (Lipinski definition) is 3. The van der Waals surface area contributed by atoms with Crippen LogP contribution in [-0.4, -0.2) is 16.9 Å². The molecule has 120 valence electrons. The van der Waals surface area contributed by atoms with E-state index in [-0.39, 0.29) is 5.91 Å². The third kappa shape index (κ3) is 4.32. The highest BCUT2D eigenvalue weighted by Crippen LogP contribution is 2.23. The van der Waals surface area contributed by atoms with E-state index in [2.05, 4.69) is 31.5 Å². The maximum Gasteiger partial charge on any atom is 0.257 e. The zero-order valence-electron chi connectivity index (χ0n) is 12.9. The van der Waals surface area contributed by atoms with Gasteiger partial charge in [-0.1, -0.05) is 31.4 Å². The molecule has 0 atom stereocenters. The number of carbonyl (C=O) groups excluding carboxylic acids is 1. The highest BCUT2D eigenvalue weighted by molar-refractivity contribution is 9.10. The summed E-state index contributed by atoms with van der Waals surface area (Å²) >= 11 is 3.43. The number of pyridine rings is 1. The van der Waals surface area contributed by atoms with E-state index in [1.807, 2.05) is 30.3 Å². The number of halogens is 1. The molecule has 0 spiro atoms. The van der Waals surface area contributed by atoms with Crippen LogP contribution in [0.4, 0.5) is 11.4 Å². The lowest BCUT2D eigenvalue weighted by Crippen LogP contribution is -2.22. The highest BCUT2D eigenvalue weighted by Gasteiger charge is 2.14. The van der Waals surface area contributed by atoms with Gasteiger partial charge in [0.1, 0.15) is 0 Å². The Bertz CT molecular complexity index is 683. The van der Waals surface area contributed by atoms with Crippen molar-refractivity contribution in [3.8, 4) is 0 Å². The van der Waals surface area contributed by atoms with E-state index >= 15 is 0 Å². The number of nitrogens with one attached hydrogen (secondary N) is 2. The van der Waals surface area contributed by atoms with Crippen molar-refractivity contribution in [1.82, 2.24) is 4.98 Å². The number of hydrogen-bond donors (Lipinski definition) is 2. The van der Waals surface area contributed by atoms with Crippen molar-refractivity contribution in [2.45, 2.75) is 38.1 Å². The molecule has 23 heavy (non-hydrogen) atoms. The number of rotatable bonds is 4. The second-order valence-corrected chi connectivity index (χ2v) is 6.73. The van der Waals surface area contributed by atoms with Crippen molar-refractivity contribution >= 4 is 33.2 Å². The first-order valence-electron chi connectivity index (χ1n) is 8.00. The molecule has 0 saturated heterocycles. The maximum atomic E-state index is 12.4. The molecule has 1 aliphatic carbocycles. The van der Waals surface area contributed by atoms with Crippen LogP contribution in [0.25, 0.3) is 0 Å². The number of benzene rings is 1. The summed E-state index contributed by atoms with van der Waals surface area (Å²) in [7, 11) is 0. The SMILES string of the molecule is O=C(Nc1ccccc1Br)c1cncc(NC2CCCCC2)c1. The molecule has 1 aromatic carbocycles. The lowest BCUT2D eigenvalue weighted by molar-refractivity contribution is 0.102. The predicted molar refractivity (Wildman–Crippen MR) is 96.8 cm³/mol. The van der Waals surface area contributed by atoms with E-state index in [4.69, 9.17) is 0 Å². The highest BCUT2D eigenvalue weighted by atomic mass is 79.9. The standard InChI is InChI=1S/C18H20BrN3O/c19-16-8-4-5-9-17(16)22-18(23)13-10-15(12-20-11-13)21-14-6-2-1-3-7-14/h4-5,8-12,14,21H,1-3,6-7H2,(H,22,23). The molecule has 1 heterocycles. The van der Waals surface area contributed by atoms with Gasteiger partial charge in [0.25, 0.3) is 5.91 Å². The molecular weight excluding hydrogens is 354 g/mol. The number of anilines is 2. The largest absolute Gasteiger partial charge is 0.381 e. The van der Waals surface area contributed by atoms with Crippen molar-refractivity contribution in [3.05, 3.63) is 52.8 Å². The summed E-state index contributed by atoms with van der Waals surface area (Å²) in [4.78, 5) is 16.6. The van der Waals surface area contributed by atoms with Gasteiger partial charge in [-0.05, 0) is 47.0 Å². The van der Waals surface area contributed by atoms with Gasteiger partial charge in [-0.2, -0.15) is 0 Å². The quantitative estimate of drug-likeness (QED) is 0.805. The van der Waals surface area contributed by atoms with E-state index in [0.29, 0.717) is 11.6 Å². The van der Waals surface area contributed by atoms with Crippen LogP contribution in [0, 0.1) is 0 Å². The molecule has 0 radical (unpaired) electrons. The van der Waals surface area contributed by atoms with Crippen LogP contribution < -0.4 is 10.6 Å². The first kappa shape index (κ1) is 16.0. The van der Waals surface area contributed by atoms with Gasteiger partial charge < -0.3 is 10.6 Å². The fraction of sp³-hybridized carbons (Fsp3) is 0.333. The van der Waals surface area contributed by atoms with Gasteiger partial charge >= 0.3 is 0 Å². The molecule has 2 aromatic rings. The summed E-state index contributed by atoms with van der Waals surface area (Å²) in [6.07, 6.45) is 9.62. The average molecular weight is 374 g/mol. The number of nitrogens with zero attached hydrogens (tertiary/aromatic N) is 1. The topological polar surface area (TPSA) is 54.0 Å².